The number of benzene rings is 2. The maximum atomic E-state index is 12.8. The lowest BCUT2D eigenvalue weighted by Gasteiger charge is -2.24. The zero-order valence-electron chi connectivity index (χ0n) is 12.4. The van der Waals surface area contributed by atoms with Gasteiger partial charge in [0.1, 0.15) is 0 Å². The quantitative estimate of drug-likeness (QED) is 0.858. The number of carbonyl (C=O) groups excluding carboxylic acids is 1. The van der Waals surface area contributed by atoms with Crippen LogP contribution >= 0.6 is 0 Å². The fourth-order valence-electron chi connectivity index (χ4n) is 2.18. The largest absolute Gasteiger partial charge is 0.471 e. The Hall–Kier alpha value is -2.50. The number of carbonyl (C=O) groups is 1. The monoisotopic (exact) mass is 322 g/mol. The molecule has 0 fully saturated rings. The summed E-state index contributed by atoms with van der Waals surface area (Å²) in [6.45, 7) is -0.0920. The van der Waals surface area contributed by atoms with Crippen LogP contribution < -0.4 is 5.73 Å². The standard InChI is InChI=1S/C17H17F3N2O/c18-17(19,20)16(23)22(12-14-4-2-1-3-5-14)11-10-13-6-8-15(21)9-7-13/h1-9H,10-12,21H2. The first-order chi connectivity index (χ1) is 10.9. The molecule has 2 rings (SSSR count). The average molecular weight is 322 g/mol. The summed E-state index contributed by atoms with van der Waals surface area (Å²) in [6.07, 6.45) is -4.55. The van der Waals surface area contributed by atoms with Crippen LogP contribution in [0.25, 0.3) is 0 Å². The van der Waals surface area contributed by atoms with Crippen molar-refractivity contribution in [1.82, 2.24) is 4.90 Å². The molecule has 0 aliphatic heterocycles. The lowest BCUT2D eigenvalue weighted by Crippen LogP contribution is -2.41. The highest BCUT2D eigenvalue weighted by Gasteiger charge is 2.42. The van der Waals surface area contributed by atoms with Gasteiger partial charge in [-0.05, 0) is 29.7 Å². The molecule has 2 aromatic rings. The summed E-state index contributed by atoms with van der Waals surface area (Å²) in [5.41, 5.74) is 7.64. The molecule has 6 heteroatoms. The average Bonchev–Trinajstić information content (AvgIpc) is 2.52. The number of anilines is 1. The molecule has 2 N–H and O–H groups in total. The second-order valence-electron chi connectivity index (χ2n) is 5.20. The third kappa shape index (κ3) is 5.02. The fraction of sp³-hybridized carbons (Fsp3) is 0.235. The van der Waals surface area contributed by atoms with Gasteiger partial charge in [-0.3, -0.25) is 4.79 Å². The summed E-state index contributed by atoms with van der Waals surface area (Å²) in [5.74, 6) is -1.82. The van der Waals surface area contributed by atoms with E-state index in [0.29, 0.717) is 17.7 Å². The second kappa shape index (κ2) is 7.17. The molecule has 0 bridgehead atoms. The SMILES string of the molecule is Nc1ccc(CCN(Cc2ccccc2)C(=O)C(F)(F)F)cc1. The molecule has 122 valence electrons. The van der Waals surface area contributed by atoms with Gasteiger partial charge in [0.2, 0.25) is 0 Å². The highest BCUT2D eigenvalue weighted by molar-refractivity contribution is 5.81. The number of halogens is 3. The van der Waals surface area contributed by atoms with Crippen molar-refractivity contribution in [2.45, 2.75) is 19.1 Å². The van der Waals surface area contributed by atoms with Crippen LogP contribution in [0.1, 0.15) is 11.1 Å². The van der Waals surface area contributed by atoms with Crippen molar-refractivity contribution in [3.8, 4) is 0 Å². The molecule has 0 radical (unpaired) electrons. The van der Waals surface area contributed by atoms with E-state index in [4.69, 9.17) is 5.73 Å². The van der Waals surface area contributed by atoms with Gasteiger partial charge >= 0.3 is 12.1 Å². The van der Waals surface area contributed by atoms with Gasteiger partial charge in [0.05, 0.1) is 0 Å². The molecule has 0 atom stereocenters. The van der Waals surface area contributed by atoms with E-state index in [9.17, 15) is 18.0 Å². The zero-order chi connectivity index (χ0) is 16.9. The van der Waals surface area contributed by atoms with Crippen LogP contribution in [0.5, 0.6) is 0 Å². The van der Waals surface area contributed by atoms with Crippen LogP contribution in [0.3, 0.4) is 0 Å². The summed E-state index contributed by atoms with van der Waals surface area (Å²) in [7, 11) is 0. The summed E-state index contributed by atoms with van der Waals surface area (Å²) >= 11 is 0. The zero-order valence-corrected chi connectivity index (χ0v) is 12.4. The van der Waals surface area contributed by atoms with Crippen molar-refractivity contribution >= 4 is 11.6 Å². The van der Waals surface area contributed by atoms with Gasteiger partial charge in [0.25, 0.3) is 0 Å². The van der Waals surface area contributed by atoms with Gasteiger partial charge < -0.3 is 10.6 Å². The lowest BCUT2D eigenvalue weighted by atomic mass is 10.1. The van der Waals surface area contributed by atoms with Gasteiger partial charge in [-0.1, -0.05) is 42.5 Å². The summed E-state index contributed by atoms with van der Waals surface area (Å²) in [5, 5.41) is 0. The molecule has 0 heterocycles. The maximum absolute atomic E-state index is 12.8. The number of amides is 1. The molecule has 3 nitrogen and oxygen atoms in total. The minimum atomic E-state index is -4.88. The number of rotatable bonds is 5. The minimum absolute atomic E-state index is 0.0167. The van der Waals surface area contributed by atoms with E-state index in [1.165, 1.54) is 0 Å². The Morgan fingerprint density at radius 3 is 2.13 bits per heavy atom. The van der Waals surface area contributed by atoms with E-state index in [1.807, 2.05) is 0 Å². The van der Waals surface area contributed by atoms with Crippen LogP contribution in [0.2, 0.25) is 0 Å². The van der Waals surface area contributed by atoms with Crippen molar-refractivity contribution in [3.63, 3.8) is 0 Å². The number of hydrogen-bond acceptors (Lipinski definition) is 2. The molecule has 0 saturated heterocycles. The third-order valence-electron chi connectivity index (χ3n) is 3.40. The number of alkyl halides is 3. The Morgan fingerprint density at radius 2 is 1.57 bits per heavy atom. The Labute approximate surface area is 132 Å². The van der Waals surface area contributed by atoms with Gasteiger partial charge in [0, 0.05) is 18.8 Å². The van der Waals surface area contributed by atoms with Crippen molar-refractivity contribution in [2.75, 3.05) is 12.3 Å². The van der Waals surface area contributed by atoms with Crippen molar-refractivity contribution in [3.05, 3.63) is 65.7 Å². The molecule has 0 spiro atoms. The first-order valence-electron chi connectivity index (χ1n) is 7.10. The van der Waals surface area contributed by atoms with E-state index in [1.54, 1.807) is 54.6 Å². The summed E-state index contributed by atoms with van der Waals surface area (Å²) in [6, 6.07) is 15.5. The topological polar surface area (TPSA) is 46.3 Å². The molecule has 2 aromatic carbocycles. The minimum Gasteiger partial charge on any atom is -0.399 e. The van der Waals surface area contributed by atoms with Gasteiger partial charge in [-0.15, -0.1) is 0 Å². The first-order valence-corrected chi connectivity index (χ1v) is 7.10. The molecular formula is C17H17F3N2O. The highest BCUT2D eigenvalue weighted by atomic mass is 19.4. The third-order valence-corrected chi connectivity index (χ3v) is 3.40. The highest BCUT2D eigenvalue weighted by Crippen LogP contribution is 2.20. The maximum Gasteiger partial charge on any atom is 0.471 e. The van der Waals surface area contributed by atoms with Crippen LogP contribution in [-0.2, 0) is 17.8 Å². The molecule has 0 saturated carbocycles. The molecule has 0 aliphatic carbocycles. The summed E-state index contributed by atoms with van der Waals surface area (Å²) < 4.78 is 38.3. The number of nitrogens with two attached hydrogens (primary N) is 1. The molecule has 0 unspecified atom stereocenters. The Kier molecular flexibility index (Phi) is 5.26. The van der Waals surface area contributed by atoms with E-state index < -0.39 is 12.1 Å². The Bertz CT molecular complexity index is 639. The second-order valence-corrected chi connectivity index (χ2v) is 5.20. The smallest absolute Gasteiger partial charge is 0.399 e. The van der Waals surface area contributed by atoms with E-state index in [-0.39, 0.29) is 13.1 Å². The predicted molar refractivity (Wildman–Crippen MR) is 82.5 cm³/mol. The van der Waals surface area contributed by atoms with E-state index in [2.05, 4.69) is 0 Å². The van der Waals surface area contributed by atoms with Gasteiger partial charge in [-0.2, -0.15) is 13.2 Å². The Balaban J connectivity index is 2.09. The molecule has 23 heavy (non-hydrogen) atoms. The van der Waals surface area contributed by atoms with Gasteiger partial charge in [0.15, 0.2) is 0 Å². The van der Waals surface area contributed by atoms with Crippen LogP contribution in [-0.4, -0.2) is 23.5 Å². The fourth-order valence-corrected chi connectivity index (χ4v) is 2.18. The van der Waals surface area contributed by atoms with Gasteiger partial charge in [-0.25, -0.2) is 0 Å². The number of nitrogens with zero attached hydrogens (tertiary/aromatic N) is 1. The Morgan fingerprint density at radius 1 is 0.957 bits per heavy atom. The molecule has 0 aliphatic rings. The van der Waals surface area contributed by atoms with Crippen molar-refractivity contribution in [1.29, 1.82) is 0 Å². The number of nitrogen functional groups attached to an aromatic ring is 1. The molecular weight excluding hydrogens is 305 g/mol. The summed E-state index contributed by atoms with van der Waals surface area (Å²) in [4.78, 5) is 12.5. The van der Waals surface area contributed by atoms with Crippen LogP contribution in [0, 0.1) is 0 Å². The van der Waals surface area contributed by atoms with Crippen molar-refractivity contribution < 1.29 is 18.0 Å². The van der Waals surface area contributed by atoms with Crippen LogP contribution in [0.4, 0.5) is 18.9 Å². The first kappa shape index (κ1) is 16.9. The number of hydrogen-bond donors (Lipinski definition) is 1. The molecule has 0 aromatic heterocycles. The van der Waals surface area contributed by atoms with E-state index in [0.717, 1.165) is 10.5 Å². The lowest BCUT2D eigenvalue weighted by molar-refractivity contribution is -0.186. The molecule has 1 amide bonds. The van der Waals surface area contributed by atoms with E-state index >= 15 is 0 Å². The normalized spacial score (nSPS) is 11.3. The van der Waals surface area contributed by atoms with Crippen LogP contribution in [0.15, 0.2) is 54.6 Å². The predicted octanol–water partition coefficient (Wildman–Crippen LogP) is 3.40. The van der Waals surface area contributed by atoms with Crippen molar-refractivity contribution in [2.24, 2.45) is 0 Å².